The molecule has 1 amide bonds. The molecule has 2 heterocycles. The molecule has 1 fully saturated rings. The third-order valence-electron chi connectivity index (χ3n) is 5.20. The first kappa shape index (κ1) is 20.9. The van der Waals surface area contributed by atoms with Crippen molar-refractivity contribution < 1.29 is 17.9 Å². The average molecular weight is 417 g/mol. The van der Waals surface area contributed by atoms with E-state index < -0.39 is 9.84 Å². The Morgan fingerprint density at radius 2 is 2.03 bits per heavy atom. The van der Waals surface area contributed by atoms with Crippen molar-refractivity contribution >= 4 is 15.7 Å². The number of rotatable bonds is 6. The minimum Gasteiger partial charge on any atom is -0.484 e. The fraction of sp³-hybridized carbons (Fsp3) is 0.450. The van der Waals surface area contributed by atoms with Gasteiger partial charge in [-0.3, -0.25) is 9.48 Å². The molecule has 8 nitrogen and oxygen atoms in total. The molecule has 0 bridgehead atoms. The van der Waals surface area contributed by atoms with Gasteiger partial charge >= 0.3 is 0 Å². The van der Waals surface area contributed by atoms with E-state index in [4.69, 9.17) is 10.00 Å². The zero-order valence-electron chi connectivity index (χ0n) is 16.8. The van der Waals surface area contributed by atoms with E-state index in [-0.39, 0.29) is 30.1 Å². The van der Waals surface area contributed by atoms with E-state index in [2.05, 4.69) is 5.10 Å². The summed E-state index contributed by atoms with van der Waals surface area (Å²) in [5, 5.41) is 13.3. The molecular weight excluding hydrogens is 392 g/mol. The molecule has 0 radical (unpaired) electrons. The molecule has 1 saturated heterocycles. The number of amides is 1. The van der Waals surface area contributed by atoms with E-state index in [0.29, 0.717) is 24.3 Å². The second kappa shape index (κ2) is 8.25. The highest BCUT2D eigenvalue weighted by Crippen LogP contribution is 2.27. The summed E-state index contributed by atoms with van der Waals surface area (Å²) in [6, 6.07) is 8.46. The smallest absolute Gasteiger partial charge is 0.260 e. The number of nitriles is 1. The van der Waals surface area contributed by atoms with Crippen LogP contribution in [-0.4, -0.2) is 54.2 Å². The van der Waals surface area contributed by atoms with Crippen molar-refractivity contribution in [2.45, 2.75) is 32.9 Å². The molecule has 0 aliphatic carbocycles. The molecule has 1 aliphatic heterocycles. The molecule has 0 N–H and O–H groups in total. The predicted molar refractivity (Wildman–Crippen MR) is 107 cm³/mol. The minimum absolute atomic E-state index is 0.113. The molecule has 29 heavy (non-hydrogen) atoms. The normalized spacial score (nSPS) is 17.7. The van der Waals surface area contributed by atoms with Crippen molar-refractivity contribution in [1.29, 1.82) is 5.26 Å². The van der Waals surface area contributed by atoms with Crippen LogP contribution in [0.2, 0.25) is 0 Å². The number of carbonyl (C=O) groups is 1. The van der Waals surface area contributed by atoms with Crippen molar-refractivity contribution in [3.05, 3.63) is 46.8 Å². The maximum Gasteiger partial charge on any atom is 0.260 e. The summed E-state index contributed by atoms with van der Waals surface area (Å²) in [4.78, 5) is 14.0. The lowest BCUT2D eigenvalue weighted by Gasteiger charge is -2.18. The topological polar surface area (TPSA) is 105 Å². The van der Waals surface area contributed by atoms with Crippen LogP contribution in [0.3, 0.4) is 0 Å². The van der Waals surface area contributed by atoms with Crippen LogP contribution < -0.4 is 4.74 Å². The Morgan fingerprint density at radius 1 is 1.34 bits per heavy atom. The standard InChI is InChI=1S/C20H24N4O4S/c1-14-19(15(2)24(22-14)17-8-9-29(26,27)13-17)11-23(3)20(25)12-28-18-6-4-16(10-21)5-7-18/h4-7,17H,8-9,11-13H2,1-3H3/t17-/m0/s1. The van der Waals surface area contributed by atoms with Gasteiger partial charge in [0, 0.05) is 24.8 Å². The molecule has 1 aromatic carbocycles. The van der Waals surface area contributed by atoms with Crippen LogP contribution in [0.1, 0.15) is 35.0 Å². The van der Waals surface area contributed by atoms with Crippen molar-refractivity contribution in [2.24, 2.45) is 0 Å². The van der Waals surface area contributed by atoms with Gasteiger partial charge in [0.1, 0.15) is 5.75 Å². The highest BCUT2D eigenvalue weighted by Gasteiger charge is 2.31. The summed E-state index contributed by atoms with van der Waals surface area (Å²) in [6.45, 7) is 4.03. The summed E-state index contributed by atoms with van der Waals surface area (Å²) in [6.07, 6.45) is 0.566. The van der Waals surface area contributed by atoms with Gasteiger partial charge in [0.25, 0.3) is 5.91 Å². The third-order valence-corrected chi connectivity index (χ3v) is 6.95. The maximum absolute atomic E-state index is 12.5. The van der Waals surface area contributed by atoms with E-state index in [0.717, 1.165) is 17.0 Å². The van der Waals surface area contributed by atoms with Crippen LogP contribution in [0.4, 0.5) is 0 Å². The van der Waals surface area contributed by atoms with Crippen LogP contribution in [-0.2, 0) is 21.2 Å². The minimum atomic E-state index is -3.00. The van der Waals surface area contributed by atoms with Crippen molar-refractivity contribution in [3.8, 4) is 11.8 Å². The first-order valence-corrected chi connectivity index (χ1v) is 11.1. The Kier molecular flexibility index (Phi) is 5.94. The lowest BCUT2D eigenvalue weighted by molar-refractivity contribution is -0.132. The fourth-order valence-corrected chi connectivity index (χ4v) is 5.15. The second-order valence-corrected chi connectivity index (χ2v) is 9.55. The molecular formula is C20H24N4O4S. The number of likely N-dealkylation sites (N-methyl/N-ethyl adjacent to an activating group) is 1. The summed E-state index contributed by atoms with van der Waals surface area (Å²) in [5.74, 6) is 0.635. The number of carbonyl (C=O) groups excluding carboxylic acids is 1. The lowest BCUT2D eigenvalue weighted by Crippen LogP contribution is -2.31. The Labute approximate surface area is 170 Å². The Balaban J connectivity index is 1.63. The quantitative estimate of drug-likeness (QED) is 0.711. The molecule has 154 valence electrons. The molecule has 1 aliphatic rings. The Hall–Kier alpha value is -2.86. The predicted octanol–water partition coefficient (Wildman–Crippen LogP) is 1.77. The van der Waals surface area contributed by atoms with Crippen LogP contribution in [0.15, 0.2) is 24.3 Å². The monoisotopic (exact) mass is 416 g/mol. The number of nitrogens with zero attached hydrogens (tertiary/aromatic N) is 4. The molecule has 2 aromatic rings. The Morgan fingerprint density at radius 3 is 2.62 bits per heavy atom. The second-order valence-electron chi connectivity index (χ2n) is 7.33. The van der Waals surface area contributed by atoms with E-state index in [1.165, 1.54) is 0 Å². The first-order valence-electron chi connectivity index (χ1n) is 9.32. The van der Waals surface area contributed by atoms with Crippen LogP contribution in [0.25, 0.3) is 0 Å². The van der Waals surface area contributed by atoms with Gasteiger partial charge in [-0.1, -0.05) is 0 Å². The summed E-state index contributed by atoms with van der Waals surface area (Å²) in [5.41, 5.74) is 3.12. The van der Waals surface area contributed by atoms with Gasteiger partial charge in [-0.15, -0.1) is 0 Å². The molecule has 0 unspecified atom stereocenters. The zero-order valence-corrected chi connectivity index (χ0v) is 17.6. The van der Waals surface area contributed by atoms with Crippen LogP contribution in [0, 0.1) is 25.2 Å². The van der Waals surface area contributed by atoms with E-state index in [1.807, 2.05) is 19.9 Å². The first-order chi connectivity index (χ1) is 13.7. The zero-order chi connectivity index (χ0) is 21.2. The van der Waals surface area contributed by atoms with E-state index in [1.54, 1.807) is 40.9 Å². The van der Waals surface area contributed by atoms with Gasteiger partial charge in [-0.2, -0.15) is 10.4 Å². The Bertz CT molecular complexity index is 1050. The van der Waals surface area contributed by atoms with Gasteiger partial charge in [0.2, 0.25) is 0 Å². The summed E-state index contributed by atoms with van der Waals surface area (Å²) >= 11 is 0. The maximum atomic E-state index is 12.5. The van der Waals surface area contributed by atoms with E-state index in [9.17, 15) is 13.2 Å². The van der Waals surface area contributed by atoms with Crippen LogP contribution >= 0.6 is 0 Å². The molecule has 1 aromatic heterocycles. The number of ether oxygens (including phenoxy) is 1. The van der Waals surface area contributed by atoms with Gasteiger partial charge in [0.05, 0.1) is 34.9 Å². The van der Waals surface area contributed by atoms with Gasteiger partial charge in [0.15, 0.2) is 16.4 Å². The van der Waals surface area contributed by atoms with Crippen LogP contribution in [0.5, 0.6) is 5.75 Å². The van der Waals surface area contributed by atoms with Gasteiger partial charge in [-0.05, 0) is 44.5 Å². The van der Waals surface area contributed by atoms with Gasteiger partial charge < -0.3 is 9.64 Å². The highest BCUT2D eigenvalue weighted by molar-refractivity contribution is 7.91. The molecule has 0 spiro atoms. The number of hydrogen-bond acceptors (Lipinski definition) is 6. The number of aryl methyl sites for hydroxylation is 1. The molecule has 3 rings (SSSR count). The molecule has 0 saturated carbocycles. The average Bonchev–Trinajstić information content (AvgIpc) is 3.19. The van der Waals surface area contributed by atoms with Crippen molar-refractivity contribution in [3.63, 3.8) is 0 Å². The summed E-state index contributed by atoms with van der Waals surface area (Å²) < 4.78 is 30.9. The highest BCUT2D eigenvalue weighted by atomic mass is 32.2. The number of sulfone groups is 1. The number of aromatic nitrogens is 2. The molecule has 1 atom stereocenters. The molecule has 9 heteroatoms. The summed E-state index contributed by atoms with van der Waals surface area (Å²) in [7, 11) is -1.30. The SMILES string of the molecule is Cc1nn([C@H]2CCS(=O)(=O)C2)c(C)c1CN(C)C(=O)COc1ccc(C#N)cc1. The third kappa shape index (κ3) is 4.77. The number of benzene rings is 1. The van der Waals surface area contributed by atoms with Gasteiger partial charge in [-0.25, -0.2) is 8.42 Å². The lowest BCUT2D eigenvalue weighted by atomic mass is 10.1. The fourth-order valence-electron chi connectivity index (χ4n) is 3.46. The number of hydrogen-bond donors (Lipinski definition) is 0. The van der Waals surface area contributed by atoms with Crippen molar-refractivity contribution in [1.82, 2.24) is 14.7 Å². The largest absolute Gasteiger partial charge is 0.484 e. The van der Waals surface area contributed by atoms with E-state index >= 15 is 0 Å². The van der Waals surface area contributed by atoms with Crippen molar-refractivity contribution in [2.75, 3.05) is 25.2 Å².